The molecule has 2 rings (SSSR count). The Morgan fingerprint density at radius 3 is 2.42 bits per heavy atom. The van der Waals surface area contributed by atoms with E-state index >= 15 is 0 Å². The third-order valence-electron chi connectivity index (χ3n) is 3.61. The lowest BCUT2D eigenvalue weighted by molar-refractivity contribution is 0.157. The van der Waals surface area contributed by atoms with Crippen molar-refractivity contribution in [2.24, 2.45) is 11.1 Å². The summed E-state index contributed by atoms with van der Waals surface area (Å²) in [7, 11) is 0. The Morgan fingerprint density at radius 1 is 1.25 bits per heavy atom. The number of alkyl halides is 1. The number of piperidine rings is 1. The summed E-state index contributed by atoms with van der Waals surface area (Å²) >= 11 is 0. The van der Waals surface area contributed by atoms with Crippen LogP contribution >= 0.6 is 0 Å². The van der Waals surface area contributed by atoms with Crippen LogP contribution < -0.4 is 11.1 Å². The van der Waals surface area contributed by atoms with Gasteiger partial charge in [0.1, 0.15) is 6.17 Å². The maximum Gasteiger partial charge on any atom is 0.116 e. The van der Waals surface area contributed by atoms with Crippen molar-refractivity contribution < 1.29 is 4.39 Å². The predicted molar refractivity (Wildman–Crippen MR) is 46.6 cm³/mol. The molecule has 0 aromatic rings. The number of rotatable bonds is 0. The molecule has 1 aliphatic carbocycles. The first-order chi connectivity index (χ1) is 5.75. The molecule has 1 heterocycles. The van der Waals surface area contributed by atoms with E-state index in [9.17, 15) is 4.39 Å². The van der Waals surface area contributed by atoms with Gasteiger partial charge in [0.2, 0.25) is 0 Å². The van der Waals surface area contributed by atoms with E-state index in [0.29, 0.717) is 6.42 Å². The van der Waals surface area contributed by atoms with Gasteiger partial charge >= 0.3 is 0 Å². The van der Waals surface area contributed by atoms with Crippen molar-refractivity contribution in [1.82, 2.24) is 5.32 Å². The van der Waals surface area contributed by atoms with Gasteiger partial charge in [0, 0.05) is 6.04 Å². The van der Waals surface area contributed by atoms with E-state index in [4.69, 9.17) is 5.73 Å². The number of nitrogens with one attached hydrogen (secondary N) is 1. The zero-order chi connectivity index (χ0) is 8.60. The largest absolute Gasteiger partial charge is 0.325 e. The first kappa shape index (κ1) is 8.45. The van der Waals surface area contributed by atoms with E-state index in [1.54, 1.807) is 0 Å². The quantitative estimate of drug-likeness (QED) is 0.567. The van der Waals surface area contributed by atoms with Crippen molar-refractivity contribution in [3.8, 4) is 0 Å². The molecule has 3 heteroatoms. The Labute approximate surface area is 72.7 Å². The molecule has 2 nitrogen and oxygen atoms in total. The molecule has 70 valence electrons. The van der Waals surface area contributed by atoms with Crippen molar-refractivity contribution in [3.63, 3.8) is 0 Å². The fraction of sp³-hybridized carbons (Fsp3) is 1.00. The van der Waals surface area contributed by atoms with Gasteiger partial charge in [0.25, 0.3) is 0 Å². The van der Waals surface area contributed by atoms with E-state index < -0.39 is 6.17 Å². The summed E-state index contributed by atoms with van der Waals surface area (Å²) in [5.41, 5.74) is 6.03. The Morgan fingerprint density at radius 2 is 1.92 bits per heavy atom. The van der Waals surface area contributed by atoms with Crippen LogP contribution in [-0.2, 0) is 0 Å². The second-order valence-electron chi connectivity index (χ2n) is 4.19. The van der Waals surface area contributed by atoms with Crippen LogP contribution in [0.4, 0.5) is 4.39 Å². The number of hydrogen-bond acceptors (Lipinski definition) is 2. The molecule has 2 fully saturated rings. The van der Waals surface area contributed by atoms with E-state index in [2.05, 4.69) is 5.32 Å². The van der Waals surface area contributed by atoms with Crippen LogP contribution in [0.15, 0.2) is 0 Å². The first-order valence-electron chi connectivity index (χ1n) is 4.85. The molecule has 2 unspecified atom stereocenters. The average Bonchev–Trinajstić information content (AvgIpc) is 2.37. The smallest absolute Gasteiger partial charge is 0.116 e. The molecule has 1 aliphatic heterocycles. The third kappa shape index (κ3) is 1.15. The summed E-state index contributed by atoms with van der Waals surface area (Å²) in [5.74, 6) is 0. The topological polar surface area (TPSA) is 38.0 Å². The monoisotopic (exact) mass is 172 g/mol. The normalized spacial score (nSPS) is 40.5. The maximum absolute atomic E-state index is 13.2. The number of halogens is 1. The molecule has 1 spiro atoms. The Balaban J connectivity index is 2.09. The first-order valence-corrected chi connectivity index (χ1v) is 4.85. The Hall–Kier alpha value is -0.150. The van der Waals surface area contributed by atoms with Crippen LogP contribution in [-0.4, -0.2) is 25.3 Å². The molecule has 0 radical (unpaired) electrons. The van der Waals surface area contributed by atoms with Crippen LogP contribution in [0.1, 0.15) is 25.7 Å². The molecule has 12 heavy (non-hydrogen) atoms. The highest BCUT2D eigenvalue weighted by atomic mass is 19.1. The van der Waals surface area contributed by atoms with Crippen molar-refractivity contribution >= 4 is 0 Å². The lowest BCUT2D eigenvalue weighted by Crippen LogP contribution is -2.47. The number of nitrogens with two attached hydrogens (primary N) is 1. The Bertz CT molecular complexity index is 160. The maximum atomic E-state index is 13.2. The minimum atomic E-state index is -0.747. The molecule has 3 N–H and O–H groups in total. The minimum Gasteiger partial charge on any atom is -0.325 e. The van der Waals surface area contributed by atoms with Gasteiger partial charge in [-0.2, -0.15) is 0 Å². The fourth-order valence-corrected chi connectivity index (χ4v) is 2.66. The van der Waals surface area contributed by atoms with Crippen molar-refractivity contribution in [2.45, 2.75) is 37.9 Å². The second kappa shape index (κ2) is 2.96. The van der Waals surface area contributed by atoms with Crippen molar-refractivity contribution in [3.05, 3.63) is 0 Å². The van der Waals surface area contributed by atoms with E-state index in [0.717, 1.165) is 32.4 Å². The van der Waals surface area contributed by atoms with Crippen molar-refractivity contribution in [1.29, 1.82) is 0 Å². The Kier molecular flexibility index (Phi) is 2.09. The minimum absolute atomic E-state index is 0.144. The molecule has 1 saturated carbocycles. The van der Waals surface area contributed by atoms with Crippen LogP contribution in [0.3, 0.4) is 0 Å². The molecule has 1 saturated heterocycles. The standard InChI is InChI=1S/C9H17FN2/c10-7-1-2-9(8(7)11)3-5-12-6-4-9/h7-8,12H,1-6,11H2. The summed E-state index contributed by atoms with van der Waals surface area (Å²) in [6.45, 7) is 2.03. The van der Waals surface area contributed by atoms with Crippen LogP contribution in [0, 0.1) is 5.41 Å². The van der Waals surface area contributed by atoms with Gasteiger partial charge in [-0.15, -0.1) is 0 Å². The molecular formula is C9H17FN2. The van der Waals surface area contributed by atoms with Gasteiger partial charge in [-0.05, 0) is 44.2 Å². The van der Waals surface area contributed by atoms with E-state index in [-0.39, 0.29) is 11.5 Å². The molecule has 2 aliphatic rings. The summed E-state index contributed by atoms with van der Waals surface area (Å²) in [6, 6.07) is -0.195. The summed E-state index contributed by atoms with van der Waals surface area (Å²) < 4.78 is 13.2. The lowest BCUT2D eigenvalue weighted by atomic mass is 9.75. The molecule has 0 bridgehead atoms. The predicted octanol–water partition coefficient (Wildman–Crippen LogP) is 0.815. The highest BCUT2D eigenvalue weighted by Crippen LogP contribution is 2.45. The zero-order valence-corrected chi connectivity index (χ0v) is 7.35. The van der Waals surface area contributed by atoms with Crippen LogP contribution in [0.5, 0.6) is 0 Å². The van der Waals surface area contributed by atoms with Gasteiger partial charge in [0.05, 0.1) is 0 Å². The van der Waals surface area contributed by atoms with Crippen LogP contribution in [0.2, 0.25) is 0 Å². The molecule has 0 aromatic heterocycles. The van der Waals surface area contributed by atoms with Gasteiger partial charge < -0.3 is 11.1 Å². The van der Waals surface area contributed by atoms with E-state index in [1.165, 1.54) is 0 Å². The summed E-state index contributed by atoms with van der Waals surface area (Å²) in [5, 5.41) is 3.29. The third-order valence-corrected chi connectivity index (χ3v) is 3.61. The highest BCUT2D eigenvalue weighted by Gasteiger charge is 2.46. The second-order valence-corrected chi connectivity index (χ2v) is 4.19. The zero-order valence-electron chi connectivity index (χ0n) is 7.35. The highest BCUT2D eigenvalue weighted by molar-refractivity contribution is 5.01. The molecule has 0 aromatic carbocycles. The van der Waals surface area contributed by atoms with Crippen LogP contribution in [0.25, 0.3) is 0 Å². The van der Waals surface area contributed by atoms with Crippen molar-refractivity contribution in [2.75, 3.05) is 13.1 Å². The summed E-state index contributed by atoms with van der Waals surface area (Å²) in [6.07, 6.45) is 3.06. The van der Waals surface area contributed by atoms with E-state index in [1.807, 2.05) is 0 Å². The van der Waals surface area contributed by atoms with Gasteiger partial charge in [0.15, 0.2) is 0 Å². The SMILES string of the molecule is NC1C(F)CCC12CCNCC2. The summed E-state index contributed by atoms with van der Waals surface area (Å²) in [4.78, 5) is 0. The lowest BCUT2D eigenvalue weighted by Gasteiger charge is -2.37. The molecular weight excluding hydrogens is 155 g/mol. The molecule has 0 amide bonds. The number of hydrogen-bond donors (Lipinski definition) is 2. The fourth-order valence-electron chi connectivity index (χ4n) is 2.66. The molecule has 2 atom stereocenters. The van der Waals surface area contributed by atoms with Gasteiger partial charge in [-0.3, -0.25) is 0 Å². The van der Waals surface area contributed by atoms with Gasteiger partial charge in [-0.25, -0.2) is 4.39 Å². The van der Waals surface area contributed by atoms with Gasteiger partial charge in [-0.1, -0.05) is 0 Å². The average molecular weight is 172 g/mol.